The number of carbonyl (C=O) groups excluding carboxylic acids is 1. The fourth-order valence-electron chi connectivity index (χ4n) is 2.20. The molecule has 3 aromatic rings. The first-order chi connectivity index (χ1) is 9.20. The van der Waals surface area contributed by atoms with Crippen molar-refractivity contribution in [3.8, 4) is 11.3 Å². The van der Waals surface area contributed by atoms with Crippen LogP contribution in [0.1, 0.15) is 15.2 Å². The number of fused-ring (bicyclic) bond motifs is 1. The fourth-order valence-corrected chi connectivity index (χ4v) is 3.24. The number of aryl methyl sites for hydroxylation is 1. The van der Waals surface area contributed by atoms with Crippen molar-refractivity contribution in [2.24, 2.45) is 0 Å². The second kappa shape index (κ2) is 4.55. The molecule has 0 aliphatic heterocycles. The van der Waals surface area contributed by atoms with E-state index in [-0.39, 0.29) is 5.97 Å². The molecule has 0 aliphatic rings. The van der Waals surface area contributed by atoms with Gasteiger partial charge < -0.3 is 9.72 Å². The molecule has 4 heteroatoms. The van der Waals surface area contributed by atoms with Crippen LogP contribution >= 0.6 is 11.3 Å². The monoisotopic (exact) mass is 271 g/mol. The number of aromatic nitrogens is 1. The third-order valence-corrected chi connectivity index (χ3v) is 4.23. The van der Waals surface area contributed by atoms with Crippen molar-refractivity contribution in [1.29, 1.82) is 0 Å². The molecular formula is C15H13NO2S. The number of hydrogen-bond acceptors (Lipinski definition) is 3. The van der Waals surface area contributed by atoms with Crippen molar-refractivity contribution in [3.05, 3.63) is 46.8 Å². The fraction of sp³-hybridized carbons (Fsp3) is 0.133. The lowest BCUT2D eigenvalue weighted by molar-refractivity contribution is 0.0606. The molecular weight excluding hydrogens is 258 g/mol. The molecule has 1 N–H and O–H groups in total. The second-order valence-electron chi connectivity index (χ2n) is 4.34. The molecule has 0 bridgehead atoms. The Morgan fingerprint density at radius 2 is 2.00 bits per heavy atom. The van der Waals surface area contributed by atoms with Crippen molar-refractivity contribution in [1.82, 2.24) is 4.98 Å². The van der Waals surface area contributed by atoms with E-state index in [1.165, 1.54) is 18.4 Å². The van der Waals surface area contributed by atoms with E-state index in [2.05, 4.69) is 24.0 Å². The van der Waals surface area contributed by atoms with E-state index >= 15 is 0 Å². The number of ether oxygens (including phenoxy) is 1. The van der Waals surface area contributed by atoms with Crippen LogP contribution < -0.4 is 0 Å². The van der Waals surface area contributed by atoms with Crippen molar-refractivity contribution >= 4 is 27.5 Å². The third kappa shape index (κ3) is 1.94. The summed E-state index contributed by atoms with van der Waals surface area (Å²) in [5.41, 5.74) is 3.42. The number of H-pyrrole nitrogens is 1. The summed E-state index contributed by atoms with van der Waals surface area (Å²) in [6.07, 6.45) is 0. The summed E-state index contributed by atoms with van der Waals surface area (Å²) in [5, 5.41) is 1.09. The van der Waals surface area contributed by atoms with Crippen LogP contribution in [0.25, 0.3) is 21.5 Å². The maximum absolute atomic E-state index is 11.5. The third-order valence-electron chi connectivity index (χ3n) is 3.20. The minimum absolute atomic E-state index is 0.282. The van der Waals surface area contributed by atoms with Crippen LogP contribution in [-0.4, -0.2) is 18.1 Å². The topological polar surface area (TPSA) is 42.1 Å². The van der Waals surface area contributed by atoms with Crippen molar-refractivity contribution in [2.75, 3.05) is 7.11 Å². The number of carbonyl (C=O) groups is 1. The van der Waals surface area contributed by atoms with Crippen LogP contribution in [0.4, 0.5) is 0 Å². The van der Waals surface area contributed by atoms with Gasteiger partial charge in [0.05, 0.1) is 12.8 Å². The standard InChI is InChI=1S/C15H13NO2S/c1-9-11-8-12(15(17)18-2)19-14(11)16-13(9)10-6-4-3-5-7-10/h3-8,16H,1-2H3. The number of aromatic amines is 1. The van der Waals surface area contributed by atoms with E-state index in [4.69, 9.17) is 4.74 Å². The highest BCUT2D eigenvalue weighted by molar-refractivity contribution is 7.20. The largest absolute Gasteiger partial charge is 0.465 e. The zero-order chi connectivity index (χ0) is 13.4. The summed E-state index contributed by atoms with van der Waals surface area (Å²) in [6, 6.07) is 12.1. The summed E-state index contributed by atoms with van der Waals surface area (Å²) < 4.78 is 4.75. The highest BCUT2D eigenvalue weighted by Crippen LogP contribution is 2.34. The number of rotatable bonds is 2. The Morgan fingerprint density at radius 3 is 2.63 bits per heavy atom. The lowest BCUT2D eigenvalue weighted by Crippen LogP contribution is -1.96. The Labute approximate surface area is 114 Å². The Kier molecular flexibility index (Phi) is 2.87. The maximum Gasteiger partial charge on any atom is 0.348 e. The predicted molar refractivity (Wildman–Crippen MR) is 77.7 cm³/mol. The van der Waals surface area contributed by atoms with Crippen molar-refractivity contribution in [3.63, 3.8) is 0 Å². The minimum atomic E-state index is -0.282. The van der Waals surface area contributed by atoms with Gasteiger partial charge in [0, 0.05) is 5.39 Å². The van der Waals surface area contributed by atoms with E-state index in [1.807, 2.05) is 24.3 Å². The number of esters is 1. The molecule has 0 aliphatic carbocycles. The van der Waals surface area contributed by atoms with E-state index in [0.29, 0.717) is 4.88 Å². The Balaban J connectivity index is 2.13. The molecule has 0 amide bonds. The van der Waals surface area contributed by atoms with Gasteiger partial charge in [-0.3, -0.25) is 0 Å². The molecule has 0 fully saturated rings. The highest BCUT2D eigenvalue weighted by atomic mass is 32.1. The van der Waals surface area contributed by atoms with Crippen LogP contribution in [0.15, 0.2) is 36.4 Å². The summed E-state index contributed by atoms with van der Waals surface area (Å²) in [4.78, 5) is 16.6. The molecule has 96 valence electrons. The van der Waals surface area contributed by atoms with Crippen molar-refractivity contribution < 1.29 is 9.53 Å². The Bertz CT molecular complexity index is 740. The van der Waals surface area contributed by atoms with Gasteiger partial charge in [0.2, 0.25) is 0 Å². The first-order valence-corrected chi connectivity index (χ1v) is 6.78. The Hall–Kier alpha value is -2.07. The van der Waals surface area contributed by atoms with Crippen LogP contribution in [-0.2, 0) is 4.74 Å². The van der Waals surface area contributed by atoms with Gasteiger partial charge in [-0.1, -0.05) is 30.3 Å². The van der Waals surface area contributed by atoms with Crippen LogP contribution in [0.3, 0.4) is 0 Å². The van der Waals surface area contributed by atoms with E-state index in [9.17, 15) is 4.79 Å². The lowest BCUT2D eigenvalue weighted by Gasteiger charge is -1.99. The SMILES string of the molecule is COC(=O)c1cc2c(C)c(-c3ccccc3)[nH]c2s1. The van der Waals surface area contributed by atoms with Gasteiger partial charge >= 0.3 is 5.97 Å². The predicted octanol–water partition coefficient (Wildman–Crippen LogP) is 3.99. The summed E-state index contributed by atoms with van der Waals surface area (Å²) in [7, 11) is 1.40. The number of methoxy groups -OCH3 is 1. The highest BCUT2D eigenvalue weighted by Gasteiger charge is 2.16. The van der Waals surface area contributed by atoms with Gasteiger partial charge in [-0.2, -0.15) is 0 Å². The molecule has 3 rings (SSSR count). The molecule has 3 nitrogen and oxygen atoms in total. The first-order valence-electron chi connectivity index (χ1n) is 5.96. The van der Waals surface area contributed by atoms with Gasteiger partial charge in [0.1, 0.15) is 9.71 Å². The number of benzene rings is 1. The lowest BCUT2D eigenvalue weighted by atomic mass is 10.1. The minimum Gasteiger partial charge on any atom is -0.465 e. The van der Waals surface area contributed by atoms with E-state index < -0.39 is 0 Å². The summed E-state index contributed by atoms with van der Waals surface area (Å²) in [6.45, 7) is 2.06. The molecule has 0 spiro atoms. The molecule has 0 unspecified atom stereocenters. The summed E-state index contributed by atoms with van der Waals surface area (Å²) in [5.74, 6) is -0.282. The van der Waals surface area contributed by atoms with Gasteiger partial charge in [0.25, 0.3) is 0 Å². The summed E-state index contributed by atoms with van der Waals surface area (Å²) >= 11 is 1.43. The number of hydrogen-bond donors (Lipinski definition) is 1. The first kappa shape index (κ1) is 12.0. The van der Waals surface area contributed by atoms with Gasteiger partial charge in [-0.25, -0.2) is 4.79 Å². The zero-order valence-electron chi connectivity index (χ0n) is 10.7. The molecule has 0 radical (unpaired) electrons. The van der Waals surface area contributed by atoms with Crippen molar-refractivity contribution in [2.45, 2.75) is 6.92 Å². The van der Waals surface area contributed by atoms with Gasteiger partial charge in [-0.15, -0.1) is 11.3 Å². The second-order valence-corrected chi connectivity index (χ2v) is 5.39. The molecule has 0 saturated carbocycles. The Morgan fingerprint density at radius 1 is 1.26 bits per heavy atom. The quantitative estimate of drug-likeness (QED) is 0.716. The smallest absolute Gasteiger partial charge is 0.348 e. The zero-order valence-corrected chi connectivity index (χ0v) is 11.5. The van der Waals surface area contributed by atoms with Crippen LogP contribution in [0, 0.1) is 6.92 Å². The van der Waals surface area contributed by atoms with Gasteiger partial charge in [0.15, 0.2) is 0 Å². The average Bonchev–Trinajstić information content (AvgIpc) is 2.99. The van der Waals surface area contributed by atoms with Gasteiger partial charge in [-0.05, 0) is 24.1 Å². The van der Waals surface area contributed by atoms with E-state index in [0.717, 1.165) is 27.0 Å². The van der Waals surface area contributed by atoms with Crippen LogP contribution in [0.5, 0.6) is 0 Å². The molecule has 0 atom stereocenters. The molecule has 19 heavy (non-hydrogen) atoms. The molecule has 1 aromatic carbocycles. The maximum atomic E-state index is 11.5. The van der Waals surface area contributed by atoms with Crippen LogP contribution in [0.2, 0.25) is 0 Å². The number of nitrogens with one attached hydrogen (secondary N) is 1. The normalized spacial score (nSPS) is 10.8. The molecule has 2 heterocycles. The average molecular weight is 271 g/mol. The number of thiophene rings is 1. The molecule has 2 aromatic heterocycles. The van der Waals surface area contributed by atoms with E-state index in [1.54, 1.807) is 0 Å². The molecule has 0 saturated heterocycles.